The lowest BCUT2D eigenvalue weighted by molar-refractivity contribution is 0.441. The highest BCUT2D eigenvalue weighted by Gasteiger charge is 2.39. The molecule has 0 fully saturated rings. The predicted octanol–water partition coefficient (Wildman–Crippen LogP) is 13.7. The number of rotatable bonds is 12. The van der Waals surface area contributed by atoms with Crippen LogP contribution in [-0.2, 0) is 5.41 Å². The van der Waals surface area contributed by atoms with E-state index in [0.29, 0.717) is 67.5 Å². The Bertz CT molecular complexity index is 2780. The minimum absolute atomic E-state index is 0.0223. The molecule has 8 rings (SSSR count). The van der Waals surface area contributed by atoms with E-state index in [0.717, 1.165) is 0 Å². The Balaban J connectivity index is 1.26. The molecular weight excluding hydrogens is 825 g/mol. The molecule has 0 N–H and O–H groups in total. The van der Waals surface area contributed by atoms with Gasteiger partial charge in [0, 0.05) is 22.3 Å². The van der Waals surface area contributed by atoms with Crippen LogP contribution in [0.15, 0.2) is 170 Å². The van der Waals surface area contributed by atoms with Crippen molar-refractivity contribution >= 4 is 0 Å². The van der Waals surface area contributed by atoms with E-state index in [-0.39, 0.29) is 23.0 Å². The Morgan fingerprint density at radius 1 is 0.292 bits per heavy atom. The molecule has 0 amide bonds. The molecule has 0 atom stereocenters. The Kier molecular flexibility index (Phi) is 12.1. The summed E-state index contributed by atoms with van der Waals surface area (Å²) >= 11 is 0. The molecule has 0 radical (unpaired) electrons. The maximum atomic E-state index is 15.0. The van der Waals surface area contributed by atoms with E-state index in [4.69, 9.17) is 44.6 Å². The van der Waals surface area contributed by atoms with Crippen LogP contribution in [0, 0.1) is 72.6 Å². The summed E-state index contributed by atoms with van der Waals surface area (Å²) in [6.45, 7) is 0. The van der Waals surface area contributed by atoms with Crippen molar-refractivity contribution in [1.29, 1.82) is 0 Å². The fourth-order valence-electron chi connectivity index (χ4n) is 7.29. The largest absolute Gasteiger partial charge is 0.454 e. The molecule has 0 aliphatic heterocycles. The molecule has 0 aliphatic carbocycles. The lowest BCUT2D eigenvalue weighted by atomic mass is 9.65. The summed E-state index contributed by atoms with van der Waals surface area (Å²) in [7, 11) is 0. The van der Waals surface area contributed by atoms with Gasteiger partial charge in [-0.25, -0.2) is 17.6 Å². The SMILES string of the molecule is C#Cc1ccc(Oc2ccc(C(c3ccc(Oc4ccc(C#C)cc4F)cc3)(c3ccc(Oc4ccc(C#C)cc4F)cc3)c3ccc(Oc4ccc(C#C)cc4F)cc3)cc2)c(F)c1. The van der Waals surface area contributed by atoms with Gasteiger partial charge in [0.15, 0.2) is 46.3 Å². The highest BCUT2D eigenvalue weighted by Crippen LogP contribution is 2.47. The first kappa shape index (κ1) is 42.6. The molecule has 4 nitrogen and oxygen atoms in total. The van der Waals surface area contributed by atoms with Crippen LogP contribution in [0.2, 0.25) is 0 Å². The van der Waals surface area contributed by atoms with E-state index >= 15 is 0 Å². The second kappa shape index (κ2) is 18.5. The zero-order valence-corrected chi connectivity index (χ0v) is 34.1. The van der Waals surface area contributed by atoms with Crippen LogP contribution in [0.4, 0.5) is 17.6 Å². The smallest absolute Gasteiger partial charge is 0.166 e. The van der Waals surface area contributed by atoms with Crippen LogP contribution in [0.5, 0.6) is 46.0 Å². The summed E-state index contributed by atoms with van der Waals surface area (Å²) in [5, 5.41) is 0. The second-order valence-corrected chi connectivity index (χ2v) is 14.4. The van der Waals surface area contributed by atoms with Gasteiger partial charge in [-0.3, -0.25) is 0 Å². The van der Waals surface area contributed by atoms with Gasteiger partial charge in [-0.2, -0.15) is 0 Å². The summed E-state index contributed by atoms with van der Waals surface area (Å²) < 4.78 is 83.9. The maximum Gasteiger partial charge on any atom is 0.166 e. The quantitative estimate of drug-likeness (QED) is 0.0697. The maximum absolute atomic E-state index is 15.0. The van der Waals surface area contributed by atoms with Gasteiger partial charge in [0.2, 0.25) is 0 Å². The third-order valence-electron chi connectivity index (χ3n) is 10.5. The summed E-state index contributed by atoms with van der Waals surface area (Å²) in [5.41, 5.74) is 3.15. The average Bonchev–Trinajstić information content (AvgIpc) is 3.33. The van der Waals surface area contributed by atoms with Crippen molar-refractivity contribution in [2.45, 2.75) is 5.41 Å². The molecule has 8 aromatic carbocycles. The summed E-state index contributed by atoms with van der Waals surface area (Å²) in [5.74, 6) is 8.36. The Morgan fingerprint density at radius 2 is 0.492 bits per heavy atom. The molecule has 0 heterocycles. The molecule has 0 bridgehead atoms. The lowest BCUT2D eigenvalue weighted by Crippen LogP contribution is -2.31. The zero-order valence-electron chi connectivity index (χ0n) is 34.1. The van der Waals surface area contributed by atoms with E-state index in [2.05, 4.69) is 23.7 Å². The van der Waals surface area contributed by atoms with Crippen molar-refractivity contribution in [3.63, 3.8) is 0 Å². The van der Waals surface area contributed by atoms with Crippen LogP contribution < -0.4 is 18.9 Å². The second-order valence-electron chi connectivity index (χ2n) is 14.4. The molecule has 8 heteroatoms. The summed E-state index contributed by atoms with van der Waals surface area (Å²) in [6, 6.07) is 45.4. The summed E-state index contributed by atoms with van der Waals surface area (Å²) in [4.78, 5) is 0. The van der Waals surface area contributed by atoms with Crippen molar-refractivity contribution in [1.82, 2.24) is 0 Å². The van der Waals surface area contributed by atoms with Crippen LogP contribution in [0.3, 0.4) is 0 Å². The Morgan fingerprint density at radius 3 is 0.662 bits per heavy atom. The zero-order chi connectivity index (χ0) is 45.5. The minimum Gasteiger partial charge on any atom is -0.454 e. The number of terminal acetylenes is 4. The highest BCUT2D eigenvalue weighted by atomic mass is 19.1. The van der Waals surface area contributed by atoms with Gasteiger partial charge in [0.1, 0.15) is 23.0 Å². The molecule has 0 spiro atoms. The number of halogens is 4. The molecule has 8 aromatic rings. The molecule has 312 valence electrons. The molecular formula is C57H32F4O4. The van der Waals surface area contributed by atoms with Gasteiger partial charge >= 0.3 is 0 Å². The topological polar surface area (TPSA) is 36.9 Å². The normalized spacial score (nSPS) is 10.7. The van der Waals surface area contributed by atoms with Gasteiger partial charge in [0.05, 0.1) is 5.41 Å². The van der Waals surface area contributed by atoms with E-state index in [1.165, 1.54) is 48.5 Å². The lowest BCUT2D eigenvalue weighted by Gasteiger charge is -2.37. The number of benzene rings is 8. The first-order valence-electron chi connectivity index (χ1n) is 19.8. The number of ether oxygens (including phenoxy) is 4. The Labute approximate surface area is 373 Å². The van der Waals surface area contributed by atoms with Crippen LogP contribution in [0.25, 0.3) is 0 Å². The van der Waals surface area contributed by atoms with Crippen molar-refractivity contribution in [2.24, 2.45) is 0 Å². The van der Waals surface area contributed by atoms with Gasteiger partial charge in [0.25, 0.3) is 0 Å². The van der Waals surface area contributed by atoms with Crippen molar-refractivity contribution < 1.29 is 36.5 Å². The van der Waals surface area contributed by atoms with E-state index in [9.17, 15) is 17.6 Å². The Hall–Kier alpha value is -9.08. The van der Waals surface area contributed by atoms with Crippen LogP contribution >= 0.6 is 0 Å². The first-order valence-corrected chi connectivity index (χ1v) is 19.8. The van der Waals surface area contributed by atoms with Crippen LogP contribution in [0.1, 0.15) is 44.5 Å². The number of hydrogen-bond acceptors (Lipinski definition) is 4. The molecule has 0 saturated carbocycles. The average molecular weight is 857 g/mol. The highest BCUT2D eigenvalue weighted by molar-refractivity contribution is 5.62. The molecule has 65 heavy (non-hydrogen) atoms. The minimum atomic E-state index is -1.17. The third-order valence-corrected chi connectivity index (χ3v) is 10.5. The van der Waals surface area contributed by atoms with Crippen LogP contribution in [-0.4, -0.2) is 0 Å². The molecule has 0 unspecified atom stereocenters. The molecule has 0 aromatic heterocycles. The van der Waals surface area contributed by atoms with Gasteiger partial charge in [-0.1, -0.05) is 72.2 Å². The standard InChI is InChI=1S/C57H32F4O4/c1-5-37-9-29-53(49(58)33-37)62-45-21-13-41(14-22-45)57(42-15-23-46(24-16-42)63-54-30-10-38(6-2)34-50(54)59,43-17-25-47(26-18-43)64-55-31-11-39(7-3)35-51(55)60)44-19-27-48(28-20-44)65-56-32-12-40(8-4)36-52(56)61/h1-4,9-36H. The fraction of sp³-hybridized carbons (Fsp3) is 0.0175. The number of hydrogen-bond donors (Lipinski definition) is 0. The molecule has 0 saturated heterocycles. The van der Waals surface area contributed by atoms with Crippen molar-refractivity contribution in [3.05, 3.63) is 238 Å². The van der Waals surface area contributed by atoms with Crippen molar-refractivity contribution in [3.8, 4) is 95.4 Å². The predicted molar refractivity (Wildman–Crippen MR) is 242 cm³/mol. The van der Waals surface area contributed by atoms with E-state index < -0.39 is 28.7 Å². The van der Waals surface area contributed by atoms with Crippen molar-refractivity contribution in [2.75, 3.05) is 0 Å². The first-order chi connectivity index (χ1) is 31.6. The fourth-order valence-corrected chi connectivity index (χ4v) is 7.29. The summed E-state index contributed by atoms with van der Waals surface area (Å²) in [6.07, 6.45) is 21.8. The monoisotopic (exact) mass is 856 g/mol. The third kappa shape index (κ3) is 8.97. The van der Waals surface area contributed by atoms with E-state index in [1.807, 2.05) is 48.5 Å². The molecule has 0 aliphatic rings. The van der Waals surface area contributed by atoms with Gasteiger partial charge < -0.3 is 18.9 Å². The van der Waals surface area contributed by atoms with Gasteiger partial charge in [-0.15, -0.1) is 25.7 Å². The van der Waals surface area contributed by atoms with E-state index in [1.54, 1.807) is 72.8 Å². The van der Waals surface area contributed by atoms with Gasteiger partial charge in [-0.05, 0) is 144 Å².